The summed E-state index contributed by atoms with van der Waals surface area (Å²) in [4.78, 5) is 167. The number of hydrogen-bond acceptors (Lipinski definition) is 21. The van der Waals surface area contributed by atoms with Crippen molar-refractivity contribution in [2.45, 2.75) is 183 Å². The van der Waals surface area contributed by atoms with E-state index in [0.717, 1.165) is 16.7 Å². The van der Waals surface area contributed by atoms with Crippen molar-refractivity contribution in [3.05, 3.63) is 65.7 Å². The van der Waals surface area contributed by atoms with Crippen LogP contribution in [0.1, 0.15) is 109 Å². The summed E-state index contributed by atoms with van der Waals surface area (Å²) in [6, 6.07) is 1.40. The van der Waals surface area contributed by atoms with Crippen LogP contribution in [0, 0.1) is 5.92 Å². The van der Waals surface area contributed by atoms with Crippen molar-refractivity contribution < 1.29 is 92.9 Å². The third kappa shape index (κ3) is 23.6. The van der Waals surface area contributed by atoms with Gasteiger partial charge in [0.1, 0.15) is 48.0 Å². The van der Waals surface area contributed by atoms with E-state index in [2.05, 4.69) is 47.9 Å². The normalized spacial score (nSPS) is 24.4. The largest absolute Gasteiger partial charge is 0.508 e. The number of rotatable bonds is 28. The predicted octanol–water partition coefficient (Wildman–Crippen LogP) is -4.37. The number of phenols is 1. The van der Waals surface area contributed by atoms with Crippen molar-refractivity contribution in [1.82, 2.24) is 57.7 Å². The van der Waals surface area contributed by atoms with E-state index in [1.807, 2.05) is 20.1 Å². The molecule has 3 heterocycles. The van der Waals surface area contributed by atoms with Gasteiger partial charge in [-0.15, -0.1) is 0 Å². The second kappa shape index (κ2) is 38.5. The Morgan fingerprint density at radius 1 is 0.777 bits per heavy atom. The second-order valence-electron chi connectivity index (χ2n) is 23.9. The maximum atomic E-state index is 15.0. The summed E-state index contributed by atoms with van der Waals surface area (Å²) in [6.07, 6.45) is -9.21. The SMILES string of the molecule is CSCCC(NC=O)C(=O)NC(CC(C)C)C(=O)NC(Cc1ccccc1)C(=O)NCCC(=O)NCCC(O)C1NC(=O)C(CC(O)c2ccc(O)cc2)NC(=O)C2CC(O)CN2C(=O)C(C(C)=O)NC(=O)CCCCC(O)C(OCCN)NC(=O)C2C(O)CCN2C1=O. The lowest BCUT2D eigenvalue weighted by Crippen LogP contribution is -2.63. The van der Waals surface area contributed by atoms with E-state index < -0.39 is 182 Å². The zero-order valence-corrected chi connectivity index (χ0v) is 54.1. The average molecular weight is 1340 g/mol. The first-order valence-electron chi connectivity index (χ1n) is 31.5. The molecule has 5 rings (SSSR count). The number of aliphatic hydroxyl groups excluding tert-OH is 5. The Morgan fingerprint density at radius 2 is 1.47 bits per heavy atom. The number of thioether (sulfide) groups is 1. The number of ketones is 1. The maximum Gasteiger partial charge on any atom is 0.253 e. The fourth-order valence-electron chi connectivity index (χ4n) is 11.1. The Balaban J connectivity index is 1.41. The molecule has 0 aliphatic carbocycles. The van der Waals surface area contributed by atoms with E-state index in [9.17, 15) is 83.4 Å². The van der Waals surface area contributed by atoms with Crippen LogP contribution in [-0.4, -0.2) is 242 Å². The van der Waals surface area contributed by atoms with Crippen molar-refractivity contribution in [3.63, 3.8) is 0 Å². The number of nitrogens with two attached hydrogens (primary N) is 1. The zero-order chi connectivity index (χ0) is 69.2. The quantitative estimate of drug-likeness (QED) is 0.0283. The van der Waals surface area contributed by atoms with Crippen LogP contribution in [0.2, 0.25) is 0 Å². The number of nitrogens with one attached hydrogen (secondary N) is 9. The minimum atomic E-state index is -2.09. The van der Waals surface area contributed by atoms with E-state index in [1.165, 1.54) is 36.0 Å². The van der Waals surface area contributed by atoms with Gasteiger partial charge in [0.2, 0.25) is 59.6 Å². The molecule has 0 saturated carbocycles. The number of aromatic hydroxyl groups is 1. The number of nitrogens with zero attached hydrogens (tertiary/aromatic N) is 2. The fraction of sp³-hybridized carbons (Fsp3) is 0.613. The molecular weight excluding hydrogens is 1250 g/mol. The number of carbonyl (C=O) groups is 12. The van der Waals surface area contributed by atoms with Gasteiger partial charge in [0.15, 0.2) is 18.1 Å². The summed E-state index contributed by atoms with van der Waals surface area (Å²) >= 11 is 1.46. The molecule has 11 amide bonds. The smallest absolute Gasteiger partial charge is 0.253 e. The van der Waals surface area contributed by atoms with E-state index in [1.54, 1.807) is 30.3 Å². The number of amides is 11. The van der Waals surface area contributed by atoms with Gasteiger partial charge in [-0.05, 0) is 86.6 Å². The molecule has 0 spiro atoms. The average Bonchev–Trinajstić information content (AvgIpc) is 1.63. The number of ether oxygens (including phenoxy) is 1. The summed E-state index contributed by atoms with van der Waals surface area (Å²) < 4.78 is 5.68. The molecule has 2 aromatic carbocycles. The number of carbonyl (C=O) groups excluding carboxylic acids is 12. The highest BCUT2D eigenvalue weighted by molar-refractivity contribution is 7.98. The summed E-state index contributed by atoms with van der Waals surface area (Å²) in [6.45, 7) is 2.88. The van der Waals surface area contributed by atoms with Crippen molar-refractivity contribution in [1.29, 1.82) is 0 Å². The van der Waals surface area contributed by atoms with Crippen LogP contribution >= 0.6 is 11.8 Å². The molecule has 14 atom stereocenters. The maximum absolute atomic E-state index is 15.0. The molecule has 0 aromatic heterocycles. The fourth-order valence-corrected chi connectivity index (χ4v) is 11.6. The standard InChI is InChI=1S/C62H92N12O19S/c1-34(2)28-41(67-55(86)40(66-33-75)21-27-94-4)56(87)68-42(29-36-10-6-5-7-11-36)54(85)65-24-19-49(83)64-23-18-45(79)52-62(92)73-25-20-46(80)53(73)59(90)72-60(93-26-22-63)47(81)12-8-9-13-50(84)70-51(35(3)76)61(91)74-32-39(78)30-44(74)58(89)69-43(57(88)71-52)31-48(82)37-14-16-38(77)17-15-37/h5-7,10-11,14-17,33-34,39-48,51-53,60,77-82H,8-9,12-13,18-32,63H2,1-4H3,(H,64,83)(H,65,85)(H,66,75)(H,67,86)(H,68,87)(H,69,89)(H,70,84)(H,71,88)(H,72,90). The van der Waals surface area contributed by atoms with Gasteiger partial charge in [-0.25, -0.2) is 0 Å². The molecule has 31 nitrogen and oxygen atoms in total. The van der Waals surface area contributed by atoms with Gasteiger partial charge in [-0.2, -0.15) is 11.8 Å². The van der Waals surface area contributed by atoms with Gasteiger partial charge in [0.05, 0.1) is 37.1 Å². The lowest BCUT2D eigenvalue weighted by atomic mass is 9.99. The third-order valence-corrected chi connectivity index (χ3v) is 16.8. The van der Waals surface area contributed by atoms with Gasteiger partial charge in [0, 0.05) is 64.8 Å². The zero-order valence-electron chi connectivity index (χ0n) is 53.2. The molecule has 3 saturated heterocycles. The molecule has 14 unspecified atom stereocenters. The molecule has 0 radical (unpaired) electrons. The highest BCUT2D eigenvalue weighted by Gasteiger charge is 2.48. The number of fused-ring (bicyclic) bond motifs is 2. The van der Waals surface area contributed by atoms with Crippen LogP contribution in [0.15, 0.2) is 54.6 Å². The van der Waals surface area contributed by atoms with Gasteiger partial charge < -0.3 is 98.8 Å². The Bertz CT molecular complexity index is 2900. The molecule has 17 N–H and O–H groups in total. The first-order valence-corrected chi connectivity index (χ1v) is 32.9. The molecule has 3 fully saturated rings. The predicted molar refractivity (Wildman–Crippen MR) is 339 cm³/mol. The van der Waals surface area contributed by atoms with Crippen molar-refractivity contribution in [2.75, 3.05) is 51.3 Å². The number of phenolic OH excluding ortho intramolecular Hbond substituents is 1. The second-order valence-corrected chi connectivity index (χ2v) is 24.9. The molecule has 94 heavy (non-hydrogen) atoms. The minimum absolute atomic E-state index is 0.0000688. The number of benzene rings is 2. The van der Waals surface area contributed by atoms with Crippen LogP contribution in [0.25, 0.3) is 0 Å². The van der Waals surface area contributed by atoms with Crippen LogP contribution < -0.4 is 53.6 Å². The van der Waals surface area contributed by atoms with Crippen molar-refractivity contribution in [2.24, 2.45) is 11.7 Å². The Hall–Kier alpha value is -7.85. The lowest BCUT2D eigenvalue weighted by molar-refractivity contribution is -0.149. The summed E-state index contributed by atoms with van der Waals surface area (Å²) in [5.41, 5.74) is 6.47. The van der Waals surface area contributed by atoms with Gasteiger partial charge in [-0.3, -0.25) is 57.5 Å². The number of Topliss-reactive ketones (excluding diaryl/α,β-unsaturated/α-hetero) is 1. The van der Waals surface area contributed by atoms with Crippen LogP contribution in [0.3, 0.4) is 0 Å². The van der Waals surface area contributed by atoms with Crippen LogP contribution in [0.5, 0.6) is 5.75 Å². The van der Waals surface area contributed by atoms with E-state index >= 15 is 4.79 Å². The van der Waals surface area contributed by atoms with Crippen molar-refractivity contribution >= 4 is 83.0 Å². The van der Waals surface area contributed by atoms with Crippen molar-refractivity contribution in [3.8, 4) is 5.75 Å². The molecule has 3 aliphatic heterocycles. The monoisotopic (exact) mass is 1340 g/mol. The van der Waals surface area contributed by atoms with Gasteiger partial charge >= 0.3 is 0 Å². The minimum Gasteiger partial charge on any atom is -0.508 e. The summed E-state index contributed by atoms with van der Waals surface area (Å²) in [5, 5.41) is 90.0. The van der Waals surface area contributed by atoms with E-state index in [4.69, 9.17) is 10.5 Å². The lowest BCUT2D eigenvalue weighted by Gasteiger charge is -2.34. The Kier molecular flexibility index (Phi) is 31.5. The molecular formula is C62H92N12O19S. The molecule has 32 heteroatoms. The summed E-state index contributed by atoms with van der Waals surface area (Å²) in [7, 11) is 0. The molecule has 2 aromatic rings. The number of hydrogen-bond donors (Lipinski definition) is 16. The van der Waals surface area contributed by atoms with Crippen LogP contribution in [-0.2, 0) is 68.7 Å². The van der Waals surface area contributed by atoms with Gasteiger partial charge in [-0.1, -0.05) is 62.7 Å². The first kappa shape index (κ1) is 76.9. The molecule has 3 aliphatic rings. The topological polar surface area (TPSA) is 476 Å². The van der Waals surface area contributed by atoms with E-state index in [0.29, 0.717) is 24.1 Å². The molecule has 0 bridgehead atoms. The highest BCUT2D eigenvalue weighted by Crippen LogP contribution is 2.26. The third-order valence-electron chi connectivity index (χ3n) is 16.1. The molecule has 520 valence electrons. The Labute approximate surface area is 548 Å². The highest BCUT2D eigenvalue weighted by atomic mass is 32.2. The summed E-state index contributed by atoms with van der Waals surface area (Å²) in [5.74, 6) is -9.63. The van der Waals surface area contributed by atoms with E-state index in [-0.39, 0.29) is 94.8 Å². The Morgan fingerprint density at radius 3 is 2.13 bits per heavy atom. The first-order chi connectivity index (χ1) is 44.8. The van der Waals surface area contributed by atoms with Crippen LogP contribution in [0.4, 0.5) is 0 Å². The van der Waals surface area contributed by atoms with Gasteiger partial charge in [0.25, 0.3) is 5.91 Å². The number of aliphatic hydroxyl groups is 5.